The molecule has 0 bridgehead atoms. The summed E-state index contributed by atoms with van der Waals surface area (Å²) >= 11 is 0. The maximum Gasteiger partial charge on any atom is 0.251 e. The van der Waals surface area contributed by atoms with E-state index in [9.17, 15) is 14.0 Å². The molecule has 4 aliphatic heterocycles. The van der Waals surface area contributed by atoms with Crippen LogP contribution in [0.3, 0.4) is 0 Å². The molecule has 2 aromatic rings. The first-order chi connectivity index (χ1) is 17.1. The fourth-order valence-electron chi connectivity index (χ4n) is 5.07. The van der Waals surface area contributed by atoms with Crippen LogP contribution in [0.25, 0.3) is 0 Å². The average Bonchev–Trinajstić information content (AvgIpc) is 3.53. The minimum atomic E-state index is -0.388. The molecule has 10 heteroatoms. The molecular weight excluding hydrogens is 453 g/mol. The van der Waals surface area contributed by atoms with E-state index < -0.39 is 0 Å². The van der Waals surface area contributed by atoms with Crippen LogP contribution >= 0.6 is 0 Å². The third-order valence-corrected chi connectivity index (χ3v) is 7.01. The van der Waals surface area contributed by atoms with Crippen molar-refractivity contribution in [3.63, 3.8) is 0 Å². The number of carbonyl (C=O) groups excluding carboxylic acids is 2. The molecule has 2 unspecified atom stereocenters. The Hall–Kier alpha value is -3.79. The van der Waals surface area contributed by atoms with Crippen molar-refractivity contribution in [3.8, 4) is 11.5 Å². The SMILES string of the molecule is O=C1C2CC(c3ccc4c(c3)OCO4)NN2C=CN1CC(=O)N1CCN(c2ccccc2F)CC1. The van der Waals surface area contributed by atoms with Gasteiger partial charge in [0.2, 0.25) is 12.7 Å². The number of para-hydroxylation sites is 1. The summed E-state index contributed by atoms with van der Waals surface area (Å²) in [6, 6.07) is 12.0. The van der Waals surface area contributed by atoms with Gasteiger partial charge in [-0.05, 0) is 36.2 Å². The lowest BCUT2D eigenvalue weighted by Gasteiger charge is -2.37. The van der Waals surface area contributed by atoms with Crippen LogP contribution in [0.1, 0.15) is 18.0 Å². The van der Waals surface area contributed by atoms with Crippen LogP contribution in [0.2, 0.25) is 0 Å². The molecule has 4 heterocycles. The van der Waals surface area contributed by atoms with Gasteiger partial charge in [0.15, 0.2) is 11.5 Å². The summed E-state index contributed by atoms with van der Waals surface area (Å²) in [7, 11) is 0. The van der Waals surface area contributed by atoms with Crippen LogP contribution < -0.4 is 19.8 Å². The van der Waals surface area contributed by atoms with Gasteiger partial charge in [-0.2, -0.15) is 0 Å². The van der Waals surface area contributed by atoms with E-state index in [4.69, 9.17) is 9.47 Å². The zero-order chi connectivity index (χ0) is 23.9. The van der Waals surface area contributed by atoms with Gasteiger partial charge in [-0.15, -0.1) is 0 Å². The Morgan fingerprint density at radius 1 is 1.03 bits per heavy atom. The van der Waals surface area contributed by atoms with Crippen molar-refractivity contribution in [3.05, 3.63) is 66.2 Å². The van der Waals surface area contributed by atoms with Crippen LogP contribution in [-0.2, 0) is 9.59 Å². The van der Waals surface area contributed by atoms with Gasteiger partial charge in [-0.25, -0.2) is 9.82 Å². The van der Waals surface area contributed by atoms with Crippen molar-refractivity contribution < 1.29 is 23.5 Å². The predicted molar refractivity (Wildman–Crippen MR) is 125 cm³/mol. The molecule has 0 aliphatic carbocycles. The molecule has 1 N–H and O–H groups in total. The van der Waals surface area contributed by atoms with Crippen molar-refractivity contribution >= 4 is 17.5 Å². The van der Waals surface area contributed by atoms with Gasteiger partial charge < -0.3 is 29.2 Å². The van der Waals surface area contributed by atoms with E-state index in [0.717, 1.165) is 11.3 Å². The van der Waals surface area contributed by atoms with E-state index in [0.29, 0.717) is 44.0 Å². The number of carbonyl (C=O) groups is 2. The molecule has 2 amide bonds. The smallest absolute Gasteiger partial charge is 0.251 e. The van der Waals surface area contributed by atoms with E-state index in [-0.39, 0.29) is 43.1 Å². The highest BCUT2D eigenvalue weighted by atomic mass is 19.1. The number of hydrogen-bond donors (Lipinski definition) is 1. The van der Waals surface area contributed by atoms with Crippen molar-refractivity contribution in [2.75, 3.05) is 44.4 Å². The van der Waals surface area contributed by atoms with Crippen LogP contribution in [0.5, 0.6) is 11.5 Å². The number of hydrazine groups is 1. The molecule has 0 aromatic heterocycles. The maximum absolute atomic E-state index is 14.1. The van der Waals surface area contributed by atoms with Gasteiger partial charge in [-0.1, -0.05) is 18.2 Å². The Labute approximate surface area is 202 Å². The van der Waals surface area contributed by atoms with Gasteiger partial charge in [-0.3, -0.25) is 9.59 Å². The van der Waals surface area contributed by atoms with E-state index in [2.05, 4.69) is 5.43 Å². The largest absolute Gasteiger partial charge is 0.454 e. The number of benzene rings is 2. The second-order valence-corrected chi connectivity index (χ2v) is 9.04. The van der Waals surface area contributed by atoms with Crippen molar-refractivity contribution in [1.29, 1.82) is 0 Å². The summed E-state index contributed by atoms with van der Waals surface area (Å²) in [4.78, 5) is 31.3. The Kier molecular flexibility index (Phi) is 5.44. The Morgan fingerprint density at radius 3 is 2.66 bits per heavy atom. The number of halogens is 1. The molecule has 2 atom stereocenters. The Balaban J connectivity index is 1.05. The Morgan fingerprint density at radius 2 is 1.83 bits per heavy atom. The topological polar surface area (TPSA) is 77.6 Å². The molecule has 0 radical (unpaired) electrons. The number of hydrogen-bond acceptors (Lipinski definition) is 7. The highest BCUT2D eigenvalue weighted by Gasteiger charge is 2.41. The fraction of sp³-hybridized carbons (Fsp3) is 0.360. The molecule has 2 saturated heterocycles. The second-order valence-electron chi connectivity index (χ2n) is 9.04. The lowest BCUT2D eigenvalue weighted by molar-refractivity contribution is -0.141. The lowest BCUT2D eigenvalue weighted by atomic mass is 10.0. The molecule has 4 aliphatic rings. The number of fused-ring (bicyclic) bond motifs is 2. The summed E-state index contributed by atoms with van der Waals surface area (Å²) in [5.74, 6) is 0.952. The third kappa shape index (κ3) is 4.03. The quantitative estimate of drug-likeness (QED) is 0.717. The summed E-state index contributed by atoms with van der Waals surface area (Å²) in [5, 5.41) is 1.81. The number of nitrogens with one attached hydrogen (secondary N) is 1. The number of amides is 2. The molecule has 9 nitrogen and oxygen atoms in total. The minimum absolute atomic E-state index is 0.00589. The summed E-state index contributed by atoms with van der Waals surface area (Å²) in [5.41, 5.74) is 4.93. The van der Waals surface area contributed by atoms with Crippen LogP contribution in [0.4, 0.5) is 10.1 Å². The van der Waals surface area contributed by atoms with E-state index in [1.165, 1.54) is 11.0 Å². The number of nitrogens with zero attached hydrogens (tertiary/aromatic N) is 4. The average molecular weight is 480 g/mol. The molecule has 0 spiro atoms. The molecule has 35 heavy (non-hydrogen) atoms. The first-order valence-electron chi connectivity index (χ1n) is 11.8. The second kappa shape index (κ2) is 8.77. The molecular formula is C25H26FN5O4. The standard InChI is InChI=1S/C25H26FN5O4/c26-18-3-1-2-4-20(18)28-7-9-29(10-8-28)24(32)15-30-11-12-31-21(25(30)33)14-19(27-31)17-5-6-22-23(13-17)35-16-34-22/h1-6,11-13,19,21,27H,7-10,14-16H2. The minimum Gasteiger partial charge on any atom is -0.454 e. The highest BCUT2D eigenvalue weighted by Crippen LogP contribution is 2.37. The van der Waals surface area contributed by atoms with Gasteiger partial charge in [0, 0.05) is 38.6 Å². The van der Waals surface area contributed by atoms with E-state index in [1.807, 2.05) is 40.4 Å². The van der Waals surface area contributed by atoms with Crippen LogP contribution in [0, 0.1) is 5.82 Å². The first kappa shape index (κ1) is 21.7. The fourth-order valence-corrected chi connectivity index (χ4v) is 5.07. The zero-order valence-electron chi connectivity index (χ0n) is 19.1. The zero-order valence-corrected chi connectivity index (χ0v) is 19.1. The lowest BCUT2D eigenvalue weighted by Crippen LogP contribution is -2.54. The number of piperazine rings is 1. The van der Waals surface area contributed by atoms with Gasteiger partial charge in [0.1, 0.15) is 18.4 Å². The molecule has 6 rings (SSSR count). The first-order valence-corrected chi connectivity index (χ1v) is 11.8. The summed E-state index contributed by atoms with van der Waals surface area (Å²) in [6.07, 6.45) is 4.04. The van der Waals surface area contributed by atoms with Crippen LogP contribution in [-0.4, -0.2) is 72.2 Å². The number of ether oxygens (including phenoxy) is 2. The summed E-state index contributed by atoms with van der Waals surface area (Å²) < 4.78 is 24.9. The molecule has 2 aromatic carbocycles. The third-order valence-electron chi connectivity index (χ3n) is 7.01. The van der Waals surface area contributed by atoms with Gasteiger partial charge in [0.25, 0.3) is 5.91 Å². The van der Waals surface area contributed by atoms with Crippen molar-refractivity contribution in [2.24, 2.45) is 0 Å². The Bertz CT molecular complexity index is 1180. The maximum atomic E-state index is 14.1. The molecule has 2 fully saturated rings. The molecule has 182 valence electrons. The van der Waals surface area contributed by atoms with E-state index >= 15 is 0 Å². The highest BCUT2D eigenvalue weighted by molar-refractivity contribution is 5.89. The van der Waals surface area contributed by atoms with Crippen molar-refractivity contribution in [1.82, 2.24) is 20.2 Å². The normalized spacial score (nSPS) is 23.2. The van der Waals surface area contributed by atoms with Crippen molar-refractivity contribution in [2.45, 2.75) is 18.5 Å². The van der Waals surface area contributed by atoms with Gasteiger partial charge in [0.05, 0.1) is 11.7 Å². The van der Waals surface area contributed by atoms with E-state index in [1.54, 1.807) is 23.2 Å². The van der Waals surface area contributed by atoms with Crippen LogP contribution in [0.15, 0.2) is 54.9 Å². The molecule has 0 saturated carbocycles. The predicted octanol–water partition coefficient (Wildman–Crippen LogP) is 1.84. The number of anilines is 1. The monoisotopic (exact) mass is 479 g/mol. The van der Waals surface area contributed by atoms with Gasteiger partial charge >= 0.3 is 0 Å². The summed E-state index contributed by atoms with van der Waals surface area (Å²) in [6.45, 7) is 2.29. The number of rotatable bonds is 4.